The molecule has 9 heteroatoms. The van der Waals surface area contributed by atoms with Crippen molar-refractivity contribution < 1.29 is 14.3 Å². The Morgan fingerprint density at radius 3 is 2.69 bits per heavy atom. The highest BCUT2D eigenvalue weighted by Gasteiger charge is 2.25. The van der Waals surface area contributed by atoms with Crippen LogP contribution in [0.5, 0.6) is 5.75 Å². The predicted molar refractivity (Wildman–Crippen MR) is 121 cm³/mol. The molecule has 1 aliphatic rings. The van der Waals surface area contributed by atoms with Crippen molar-refractivity contribution in [3.05, 3.63) is 59.4 Å². The SMILES string of the molecule is COc1cccc(C[C@@H](C(=O)Nc2ccc(N3CCOCC3)c(C)c2)n2nnnc2C)c1. The maximum atomic E-state index is 13.3. The number of benzene rings is 2. The van der Waals surface area contributed by atoms with Crippen molar-refractivity contribution >= 4 is 17.3 Å². The molecule has 2 heterocycles. The Bertz CT molecular complexity index is 1080. The van der Waals surface area contributed by atoms with Crippen LogP contribution in [0, 0.1) is 13.8 Å². The van der Waals surface area contributed by atoms with Crippen LogP contribution in [0.15, 0.2) is 42.5 Å². The van der Waals surface area contributed by atoms with E-state index in [1.165, 1.54) is 0 Å². The number of rotatable bonds is 7. The van der Waals surface area contributed by atoms with Crippen molar-refractivity contribution in [2.75, 3.05) is 43.6 Å². The van der Waals surface area contributed by atoms with E-state index in [0.29, 0.717) is 12.2 Å². The molecule has 1 saturated heterocycles. The van der Waals surface area contributed by atoms with Crippen LogP contribution in [0.1, 0.15) is 23.0 Å². The van der Waals surface area contributed by atoms with E-state index in [1.807, 2.05) is 36.4 Å². The number of carbonyl (C=O) groups excluding carboxylic acids is 1. The highest BCUT2D eigenvalue weighted by atomic mass is 16.5. The molecule has 9 nitrogen and oxygen atoms in total. The zero-order valence-corrected chi connectivity index (χ0v) is 18.6. The summed E-state index contributed by atoms with van der Waals surface area (Å²) in [5.41, 5.74) is 3.97. The first kappa shape index (κ1) is 21.8. The molecule has 0 spiro atoms. The lowest BCUT2D eigenvalue weighted by Crippen LogP contribution is -2.36. The van der Waals surface area contributed by atoms with Crippen molar-refractivity contribution in [2.45, 2.75) is 26.3 Å². The largest absolute Gasteiger partial charge is 0.497 e. The third-order valence-corrected chi connectivity index (χ3v) is 5.63. The molecule has 1 aromatic heterocycles. The van der Waals surface area contributed by atoms with Crippen molar-refractivity contribution in [1.82, 2.24) is 20.2 Å². The van der Waals surface area contributed by atoms with E-state index < -0.39 is 6.04 Å². The average Bonchev–Trinajstić information content (AvgIpc) is 3.23. The molecule has 1 atom stereocenters. The second kappa shape index (κ2) is 9.78. The monoisotopic (exact) mass is 436 g/mol. The maximum absolute atomic E-state index is 13.3. The summed E-state index contributed by atoms with van der Waals surface area (Å²) in [5, 5.41) is 14.8. The van der Waals surface area contributed by atoms with E-state index in [2.05, 4.69) is 38.7 Å². The molecule has 168 valence electrons. The van der Waals surface area contributed by atoms with E-state index in [1.54, 1.807) is 18.7 Å². The third kappa shape index (κ3) is 4.88. The van der Waals surface area contributed by atoms with Gasteiger partial charge in [-0.05, 0) is 65.7 Å². The number of methoxy groups -OCH3 is 1. The molecule has 0 unspecified atom stereocenters. The van der Waals surface area contributed by atoms with Gasteiger partial charge in [-0.3, -0.25) is 4.79 Å². The minimum atomic E-state index is -0.601. The summed E-state index contributed by atoms with van der Waals surface area (Å²) < 4.78 is 12.3. The van der Waals surface area contributed by atoms with Gasteiger partial charge in [-0.2, -0.15) is 0 Å². The number of nitrogens with zero attached hydrogens (tertiary/aromatic N) is 5. The molecule has 0 radical (unpaired) electrons. The minimum absolute atomic E-state index is 0.179. The first-order valence-electron chi connectivity index (χ1n) is 10.7. The molecule has 2 aromatic carbocycles. The van der Waals surface area contributed by atoms with E-state index in [4.69, 9.17) is 9.47 Å². The van der Waals surface area contributed by atoms with Crippen LogP contribution in [-0.4, -0.2) is 59.5 Å². The zero-order valence-electron chi connectivity index (χ0n) is 18.6. The number of anilines is 2. The van der Waals surface area contributed by atoms with Gasteiger partial charge in [-0.1, -0.05) is 12.1 Å². The zero-order chi connectivity index (χ0) is 22.5. The molecule has 1 amide bonds. The lowest BCUT2D eigenvalue weighted by molar-refractivity contribution is -0.119. The van der Waals surface area contributed by atoms with Gasteiger partial charge in [0.1, 0.15) is 17.6 Å². The van der Waals surface area contributed by atoms with Crippen molar-refractivity contribution in [3.63, 3.8) is 0 Å². The number of nitrogens with one attached hydrogen (secondary N) is 1. The van der Waals surface area contributed by atoms with Crippen molar-refractivity contribution in [3.8, 4) is 5.75 Å². The number of hydrogen-bond donors (Lipinski definition) is 1. The molecular weight excluding hydrogens is 408 g/mol. The number of aryl methyl sites for hydroxylation is 2. The van der Waals surface area contributed by atoms with Gasteiger partial charge < -0.3 is 19.7 Å². The van der Waals surface area contributed by atoms with E-state index in [0.717, 1.165) is 54.6 Å². The first-order valence-corrected chi connectivity index (χ1v) is 10.7. The molecule has 0 aliphatic carbocycles. The van der Waals surface area contributed by atoms with Crippen molar-refractivity contribution in [2.24, 2.45) is 0 Å². The van der Waals surface area contributed by atoms with Gasteiger partial charge in [-0.15, -0.1) is 5.10 Å². The standard InChI is InChI=1S/C23H28N6O3/c1-16-13-19(7-8-21(16)28-9-11-32-12-10-28)24-23(30)22(29-17(2)25-26-27-29)15-18-5-4-6-20(14-18)31-3/h4-8,13-14,22H,9-12,15H2,1-3H3,(H,24,30)/t22-/m0/s1. The van der Waals surface area contributed by atoms with Gasteiger partial charge in [0, 0.05) is 30.9 Å². The van der Waals surface area contributed by atoms with Crippen LogP contribution < -0.4 is 15.0 Å². The topological polar surface area (TPSA) is 94.4 Å². The summed E-state index contributed by atoms with van der Waals surface area (Å²) >= 11 is 0. The number of carbonyl (C=O) groups is 1. The average molecular weight is 437 g/mol. The smallest absolute Gasteiger partial charge is 0.249 e. The molecule has 32 heavy (non-hydrogen) atoms. The maximum Gasteiger partial charge on any atom is 0.249 e. The number of morpholine rings is 1. The summed E-state index contributed by atoms with van der Waals surface area (Å²) in [4.78, 5) is 15.6. The van der Waals surface area contributed by atoms with Gasteiger partial charge in [0.15, 0.2) is 0 Å². The molecule has 1 fully saturated rings. The summed E-state index contributed by atoms with van der Waals surface area (Å²) in [5.74, 6) is 1.14. The molecular formula is C23H28N6O3. The van der Waals surface area contributed by atoms with Gasteiger partial charge in [0.2, 0.25) is 5.91 Å². The fraction of sp³-hybridized carbons (Fsp3) is 0.391. The van der Waals surface area contributed by atoms with E-state index >= 15 is 0 Å². The van der Waals surface area contributed by atoms with Gasteiger partial charge in [-0.25, -0.2) is 4.68 Å². The predicted octanol–water partition coefficient (Wildman–Crippen LogP) is 2.56. The summed E-state index contributed by atoms with van der Waals surface area (Å²) in [7, 11) is 1.62. The Labute approximate surface area is 187 Å². The van der Waals surface area contributed by atoms with Crippen LogP contribution in [0.25, 0.3) is 0 Å². The fourth-order valence-corrected chi connectivity index (χ4v) is 3.96. The number of aromatic nitrogens is 4. The summed E-state index contributed by atoms with van der Waals surface area (Å²) in [6.07, 6.45) is 0.430. The minimum Gasteiger partial charge on any atom is -0.497 e. The molecule has 1 N–H and O–H groups in total. The van der Waals surface area contributed by atoms with Gasteiger partial charge in [0.25, 0.3) is 0 Å². The highest BCUT2D eigenvalue weighted by Crippen LogP contribution is 2.26. The van der Waals surface area contributed by atoms with E-state index in [-0.39, 0.29) is 5.91 Å². The molecule has 0 bridgehead atoms. The van der Waals surface area contributed by atoms with Crippen LogP contribution in [0.3, 0.4) is 0 Å². The second-order valence-electron chi connectivity index (χ2n) is 7.83. The molecule has 4 rings (SSSR count). The number of amides is 1. The van der Waals surface area contributed by atoms with Crippen molar-refractivity contribution in [1.29, 1.82) is 0 Å². The Hall–Kier alpha value is -3.46. The lowest BCUT2D eigenvalue weighted by atomic mass is 10.0. The number of tetrazole rings is 1. The second-order valence-corrected chi connectivity index (χ2v) is 7.83. The van der Waals surface area contributed by atoms with E-state index in [9.17, 15) is 4.79 Å². The summed E-state index contributed by atoms with van der Waals surface area (Å²) in [6, 6.07) is 13.0. The molecule has 0 saturated carbocycles. The quantitative estimate of drug-likeness (QED) is 0.608. The van der Waals surface area contributed by atoms with Crippen LogP contribution in [0.2, 0.25) is 0 Å². The lowest BCUT2D eigenvalue weighted by Gasteiger charge is -2.30. The molecule has 3 aromatic rings. The first-order chi connectivity index (χ1) is 15.5. The highest BCUT2D eigenvalue weighted by molar-refractivity contribution is 5.94. The number of hydrogen-bond acceptors (Lipinski definition) is 7. The molecule has 1 aliphatic heterocycles. The third-order valence-electron chi connectivity index (χ3n) is 5.63. The van der Waals surface area contributed by atoms with Crippen LogP contribution in [0.4, 0.5) is 11.4 Å². The Morgan fingerprint density at radius 2 is 2.00 bits per heavy atom. The fourth-order valence-electron chi connectivity index (χ4n) is 3.96. The Balaban J connectivity index is 1.54. The van der Waals surface area contributed by atoms with Gasteiger partial charge >= 0.3 is 0 Å². The van der Waals surface area contributed by atoms with Crippen LogP contribution >= 0.6 is 0 Å². The Morgan fingerprint density at radius 1 is 1.19 bits per heavy atom. The van der Waals surface area contributed by atoms with Crippen LogP contribution in [-0.2, 0) is 16.0 Å². The Kier molecular flexibility index (Phi) is 6.65. The van der Waals surface area contributed by atoms with Gasteiger partial charge in [0.05, 0.1) is 20.3 Å². The summed E-state index contributed by atoms with van der Waals surface area (Å²) in [6.45, 7) is 7.04. The normalized spacial score (nSPS) is 14.8. The number of ether oxygens (including phenoxy) is 2.